The van der Waals surface area contributed by atoms with E-state index in [2.05, 4.69) is 121 Å². The van der Waals surface area contributed by atoms with Crippen molar-refractivity contribution >= 4 is 39.5 Å². The highest BCUT2D eigenvalue weighted by Crippen LogP contribution is 2.53. The molecule has 0 bridgehead atoms. The van der Waals surface area contributed by atoms with Crippen LogP contribution in [0.1, 0.15) is 38.3 Å². The molecule has 0 spiro atoms. The maximum atomic E-state index is 12.8. The molecule has 166 valence electrons. The molecule has 0 radical (unpaired) electrons. The number of aryl methyl sites for hydroxylation is 1. The van der Waals surface area contributed by atoms with Gasteiger partial charge in [0.1, 0.15) is 5.66 Å². The number of carbonyl (C=O) groups is 1. The smallest absolute Gasteiger partial charge is 0.224 e. The lowest BCUT2D eigenvalue weighted by Gasteiger charge is -2.51. The molecule has 1 amide bonds. The number of carbonyl (C=O) groups excluding carboxylic acids is 1. The van der Waals surface area contributed by atoms with E-state index in [-0.39, 0.29) is 17.4 Å². The summed E-state index contributed by atoms with van der Waals surface area (Å²) in [5.74, 6) is 0.105. The molecule has 2 unspecified atom stereocenters. The summed E-state index contributed by atoms with van der Waals surface area (Å²) in [5.41, 5.74) is 5.16. The molecule has 1 aromatic heterocycles. The maximum absolute atomic E-state index is 12.8. The van der Waals surface area contributed by atoms with E-state index in [0.29, 0.717) is 6.42 Å². The number of aromatic nitrogens is 1. The van der Waals surface area contributed by atoms with E-state index in [4.69, 9.17) is 0 Å². The van der Waals surface area contributed by atoms with Gasteiger partial charge in [0.15, 0.2) is 0 Å². The third-order valence-corrected chi connectivity index (χ3v) is 7.88. The quantitative estimate of drug-likeness (QED) is 0.435. The predicted molar refractivity (Wildman–Crippen MR) is 136 cm³/mol. The summed E-state index contributed by atoms with van der Waals surface area (Å²) in [6.45, 7) is 6.63. The minimum atomic E-state index is -0.612. The van der Waals surface area contributed by atoms with Crippen molar-refractivity contribution in [1.82, 2.24) is 9.88 Å². The van der Waals surface area contributed by atoms with Crippen molar-refractivity contribution in [2.45, 2.75) is 44.3 Å². The molecular weight excluding hydrogens is 406 g/mol. The molecule has 2 atom stereocenters. The fraction of sp³-hybridized carbons (Fsp3) is 0.276. The van der Waals surface area contributed by atoms with Crippen molar-refractivity contribution in [3.8, 4) is 0 Å². The van der Waals surface area contributed by atoms with Gasteiger partial charge in [0.25, 0.3) is 0 Å². The second-order valence-electron chi connectivity index (χ2n) is 10.1. The number of hydrogen-bond donors (Lipinski definition) is 1. The van der Waals surface area contributed by atoms with Gasteiger partial charge in [-0.05, 0) is 42.3 Å². The van der Waals surface area contributed by atoms with Crippen LogP contribution in [0, 0.1) is 0 Å². The molecule has 4 nitrogen and oxygen atoms in total. The number of nitrogens with one attached hydrogen (secondary N) is 1. The first-order chi connectivity index (χ1) is 15.8. The lowest BCUT2D eigenvalue weighted by molar-refractivity contribution is -0.125. The van der Waals surface area contributed by atoms with Gasteiger partial charge in [-0.1, -0.05) is 68.5 Å². The molecule has 2 aliphatic rings. The highest BCUT2D eigenvalue weighted by molar-refractivity contribution is 6.08. The van der Waals surface area contributed by atoms with E-state index in [1.807, 2.05) is 0 Å². The second kappa shape index (κ2) is 6.74. The number of hydrogen-bond acceptors (Lipinski definition) is 2. The van der Waals surface area contributed by atoms with Crippen molar-refractivity contribution in [3.63, 3.8) is 0 Å². The third-order valence-electron chi connectivity index (χ3n) is 7.88. The van der Waals surface area contributed by atoms with Crippen LogP contribution in [-0.2, 0) is 17.3 Å². The molecule has 0 saturated carbocycles. The van der Waals surface area contributed by atoms with Crippen molar-refractivity contribution < 1.29 is 4.79 Å². The molecule has 4 heteroatoms. The van der Waals surface area contributed by atoms with Gasteiger partial charge in [0.2, 0.25) is 5.91 Å². The van der Waals surface area contributed by atoms with Gasteiger partial charge in [0.05, 0.1) is 0 Å². The van der Waals surface area contributed by atoms with Gasteiger partial charge in [-0.2, -0.15) is 0 Å². The maximum Gasteiger partial charge on any atom is 0.224 e. The second-order valence-corrected chi connectivity index (χ2v) is 10.1. The Labute approximate surface area is 194 Å². The standard InChI is InChI=1S/C29H29N3O/c1-19-17-27(33)30-29(28(2,3)23-10-6-8-12-25(23)32(19)29)16-15-20-13-14-22-21-9-5-7-11-24(21)31(4)26(22)18-20/h5-16,18-19H,17H2,1-4H3,(H,30,33). The number of para-hydroxylation sites is 2. The summed E-state index contributed by atoms with van der Waals surface area (Å²) in [6.07, 6.45) is 4.89. The minimum absolute atomic E-state index is 0.105. The van der Waals surface area contributed by atoms with Crippen LogP contribution >= 0.6 is 0 Å². The van der Waals surface area contributed by atoms with E-state index in [0.717, 1.165) is 5.56 Å². The largest absolute Gasteiger partial charge is 0.344 e. The van der Waals surface area contributed by atoms with E-state index in [1.54, 1.807) is 0 Å². The Morgan fingerprint density at radius 2 is 1.70 bits per heavy atom. The molecule has 3 heterocycles. The zero-order valence-corrected chi connectivity index (χ0v) is 19.6. The Kier molecular flexibility index (Phi) is 4.10. The Bertz CT molecular complexity index is 1460. The first-order valence-corrected chi connectivity index (χ1v) is 11.7. The summed E-state index contributed by atoms with van der Waals surface area (Å²) in [5, 5.41) is 5.93. The van der Waals surface area contributed by atoms with Crippen LogP contribution in [0.3, 0.4) is 0 Å². The Morgan fingerprint density at radius 3 is 2.55 bits per heavy atom. The molecule has 1 fully saturated rings. The summed E-state index contributed by atoms with van der Waals surface area (Å²) in [6, 6.07) is 23.8. The van der Waals surface area contributed by atoms with E-state index in [9.17, 15) is 4.79 Å². The minimum Gasteiger partial charge on any atom is -0.344 e. The molecule has 6 rings (SSSR count). The van der Waals surface area contributed by atoms with Gasteiger partial charge >= 0.3 is 0 Å². The average molecular weight is 436 g/mol. The van der Waals surface area contributed by atoms with Crippen molar-refractivity contribution in [2.24, 2.45) is 7.05 Å². The molecule has 3 aromatic carbocycles. The Hall–Kier alpha value is -3.53. The van der Waals surface area contributed by atoms with Crippen LogP contribution in [0.5, 0.6) is 0 Å². The van der Waals surface area contributed by atoms with Gasteiger partial charge in [-0.15, -0.1) is 0 Å². The lowest BCUT2D eigenvalue weighted by Crippen LogP contribution is -2.71. The van der Waals surface area contributed by atoms with Crippen molar-refractivity contribution in [2.75, 3.05) is 4.90 Å². The zero-order chi connectivity index (χ0) is 23.0. The van der Waals surface area contributed by atoms with Crippen LogP contribution in [0.4, 0.5) is 5.69 Å². The number of rotatable bonds is 2. The Morgan fingerprint density at radius 1 is 0.970 bits per heavy atom. The highest BCUT2D eigenvalue weighted by Gasteiger charge is 2.59. The molecular formula is C29H29N3O. The van der Waals surface area contributed by atoms with Crippen LogP contribution in [0.25, 0.3) is 27.9 Å². The van der Waals surface area contributed by atoms with Gasteiger partial charge < -0.3 is 14.8 Å². The number of fused-ring (bicyclic) bond motifs is 6. The first-order valence-electron chi connectivity index (χ1n) is 11.7. The van der Waals surface area contributed by atoms with Gasteiger partial charge in [0, 0.05) is 52.4 Å². The van der Waals surface area contributed by atoms with Crippen LogP contribution < -0.4 is 10.2 Å². The molecule has 4 aromatic rings. The van der Waals surface area contributed by atoms with Crippen LogP contribution in [0.2, 0.25) is 0 Å². The molecule has 2 aliphatic heterocycles. The topological polar surface area (TPSA) is 37.3 Å². The number of amides is 1. The van der Waals surface area contributed by atoms with Crippen LogP contribution in [-0.4, -0.2) is 22.2 Å². The third kappa shape index (κ3) is 2.61. The summed E-state index contributed by atoms with van der Waals surface area (Å²) in [7, 11) is 2.12. The molecule has 1 saturated heterocycles. The molecule has 33 heavy (non-hydrogen) atoms. The van der Waals surface area contributed by atoms with Gasteiger partial charge in [-0.25, -0.2) is 0 Å². The van der Waals surface area contributed by atoms with E-state index >= 15 is 0 Å². The number of benzene rings is 3. The summed E-state index contributed by atoms with van der Waals surface area (Å²) in [4.78, 5) is 15.2. The average Bonchev–Trinajstić information content (AvgIpc) is 3.19. The molecule has 1 N–H and O–H groups in total. The Balaban J connectivity index is 1.50. The monoisotopic (exact) mass is 435 g/mol. The van der Waals surface area contributed by atoms with Crippen LogP contribution in [0.15, 0.2) is 72.8 Å². The normalized spacial score (nSPS) is 23.8. The SMILES string of the molecule is CC1CC(=O)NC2(C=Cc3ccc4c5ccccc5n(C)c4c3)N1c1ccccc1C2(C)C. The summed E-state index contributed by atoms with van der Waals surface area (Å²) >= 11 is 0. The lowest BCUT2D eigenvalue weighted by atomic mass is 9.74. The number of nitrogens with zero attached hydrogens (tertiary/aromatic N) is 2. The first kappa shape index (κ1) is 20.1. The fourth-order valence-electron chi connectivity index (χ4n) is 6.16. The zero-order valence-electron chi connectivity index (χ0n) is 19.6. The number of anilines is 1. The van der Waals surface area contributed by atoms with E-state index < -0.39 is 5.66 Å². The highest BCUT2D eigenvalue weighted by atomic mass is 16.2. The van der Waals surface area contributed by atoms with E-state index in [1.165, 1.54) is 33.1 Å². The van der Waals surface area contributed by atoms with Gasteiger partial charge in [-0.3, -0.25) is 4.79 Å². The fourth-order valence-corrected chi connectivity index (χ4v) is 6.16. The molecule has 0 aliphatic carbocycles. The predicted octanol–water partition coefficient (Wildman–Crippen LogP) is 5.75. The summed E-state index contributed by atoms with van der Waals surface area (Å²) < 4.78 is 2.26. The van der Waals surface area contributed by atoms with Crippen molar-refractivity contribution in [3.05, 3.63) is 83.9 Å². The van der Waals surface area contributed by atoms with Crippen molar-refractivity contribution in [1.29, 1.82) is 0 Å².